The quantitative estimate of drug-likeness (QED) is 0.634. The van der Waals surface area contributed by atoms with Crippen LogP contribution in [0.15, 0.2) is 61.1 Å². The maximum Gasteiger partial charge on any atom is 0.573 e. The van der Waals surface area contributed by atoms with Gasteiger partial charge in [0.2, 0.25) is 0 Å². The van der Waals surface area contributed by atoms with Gasteiger partial charge in [-0.25, -0.2) is 4.98 Å². The van der Waals surface area contributed by atoms with Gasteiger partial charge in [-0.05, 0) is 36.4 Å². The maximum atomic E-state index is 12.2. The predicted molar refractivity (Wildman–Crippen MR) is 93.7 cm³/mol. The average Bonchev–Trinajstić information content (AvgIpc) is 3.04. The van der Waals surface area contributed by atoms with Crippen molar-refractivity contribution in [2.45, 2.75) is 6.36 Å². The molecule has 0 spiro atoms. The number of alkyl halides is 3. The number of halogens is 3. The molecule has 26 heavy (non-hydrogen) atoms. The second-order valence-corrected chi connectivity index (χ2v) is 5.62. The Morgan fingerprint density at radius 1 is 1.08 bits per heavy atom. The van der Waals surface area contributed by atoms with Crippen molar-refractivity contribution < 1.29 is 22.7 Å². The van der Waals surface area contributed by atoms with E-state index in [9.17, 15) is 18.0 Å². The van der Waals surface area contributed by atoms with Crippen molar-refractivity contribution in [2.24, 2.45) is 0 Å². The van der Waals surface area contributed by atoms with E-state index in [1.807, 2.05) is 0 Å². The molecule has 134 valence electrons. The molecule has 0 atom stereocenters. The number of amides is 1. The maximum absolute atomic E-state index is 12.2. The van der Waals surface area contributed by atoms with Gasteiger partial charge in [0, 0.05) is 23.1 Å². The summed E-state index contributed by atoms with van der Waals surface area (Å²) in [5.74, 6) is -0.289. The summed E-state index contributed by atoms with van der Waals surface area (Å²) in [4.78, 5) is 15.2. The summed E-state index contributed by atoms with van der Waals surface area (Å²) in [7, 11) is 0. The zero-order valence-corrected chi connectivity index (χ0v) is 14.0. The van der Waals surface area contributed by atoms with E-state index in [2.05, 4.69) is 27.7 Å². The van der Waals surface area contributed by atoms with Crippen LogP contribution in [0.4, 0.5) is 23.7 Å². The van der Waals surface area contributed by atoms with Crippen molar-refractivity contribution in [1.82, 2.24) is 9.55 Å². The van der Waals surface area contributed by atoms with Gasteiger partial charge in [0.05, 0.1) is 12.0 Å². The molecule has 3 rings (SSSR count). The van der Waals surface area contributed by atoms with Crippen LogP contribution in [-0.2, 0) is 0 Å². The number of benzene rings is 2. The number of hydrogen-bond donors (Lipinski definition) is 2. The van der Waals surface area contributed by atoms with E-state index in [0.29, 0.717) is 17.1 Å². The van der Waals surface area contributed by atoms with Crippen LogP contribution in [0.3, 0.4) is 0 Å². The number of nitrogens with zero attached hydrogens (tertiary/aromatic N) is 2. The summed E-state index contributed by atoms with van der Waals surface area (Å²) in [5, 5.41) is 2.09. The number of anilines is 1. The first kappa shape index (κ1) is 17.9. The summed E-state index contributed by atoms with van der Waals surface area (Å²) in [6, 6.07) is 12.5. The van der Waals surface area contributed by atoms with Crippen molar-refractivity contribution >= 4 is 23.6 Å². The van der Waals surface area contributed by atoms with Crippen molar-refractivity contribution in [1.29, 1.82) is 0 Å². The third-order valence-corrected chi connectivity index (χ3v) is 3.49. The molecule has 0 aliphatic heterocycles. The van der Waals surface area contributed by atoms with Crippen LogP contribution in [-0.4, -0.2) is 21.2 Å². The fraction of sp³-hybridized carbons (Fsp3) is 0.0588. The molecule has 1 amide bonds. The SMILES string of the molecule is O=C(S)Nc1ccc(-c2cn(-c3ccc(OC(F)(F)F)cc3)cn2)cc1. The molecule has 5 nitrogen and oxygen atoms in total. The molecule has 0 unspecified atom stereocenters. The zero-order chi connectivity index (χ0) is 18.7. The van der Waals surface area contributed by atoms with E-state index in [4.69, 9.17) is 0 Å². The van der Waals surface area contributed by atoms with Gasteiger partial charge in [0.25, 0.3) is 5.24 Å². The van der Waals surface area contributed by atoms with Gasteiger partial charge in [-0.1, -0.05) is 24.8 Å². The smallest absolute Gasteiger partial charge is 0.406 e. The topological polar surface area (TPSA) is 56.2 Å². The van der Waals surface area contributed by atoms with Crippen molar-refractivity contribution in [3.63, 3.8) is 0 Å². The molecule has 9 heteroatoms. The predicted octanol–water partition coefficient (Wildman–Crippen LogP) is 4.90. The molecule has 0 fully saturated rings. The molecule has 0 saturated heterocycles. The Morgan fingerprint density at radius 2 is 1.73 bits per heavy atom. The zero-order valence-electron chi connectivity index (χ0n) is 13.1. The minimum absolute atomic E-state index is 0.289. The van der Waals surface area contributed by atoms with Crippen LogP contribution in [0, 0.1) is 0 Å². The number of thiol groups is 1. The average molecular weight is 379 g/mol. The largest absolute Gasteiger partial charge is 0.573 e. The minimum Gasteiger partial charge on any atom is -0.406 e. The number of rotatable bonds is 4. The fourth-order valence-electron chi connectivity index (χ4n) is 2.28. The third kappa shape index (κ3) is 4.57. The highest BCUT2D eigenvalue weighted by atomic mass is 32.1. The number of imidazole rings is 1. The Hall–Kier alpha value is -2.94. The first-order chi connectivity index (χ1) is 12.3. The van der Waals surface area contributed by atoms with E-state index >= 15 is 0 Å². The van der Waals surface area contributed by atoms with Gasteiger partial charge in [-0.15, -0.1) is 13.2 Å². The van der Waals surface area contributed by atoms with Crippen molar-refractivity contribution in [3.05, 3.63) is 61.1 Å². The van der Waals surface area contributed by atoms with Gasteiger partial charge in [-0.3, -0.25) is 4.79 Å². The second kappa shape index (κ2) is 7.12. The fourth-order valence-corrected chi connectivity index (χ4v) is 2.41. The lowest BCUT2D eigenvalue weighted by Gasteiger charge is -2.09. The van der Waals surface area contributed by atoms with Crippen LogP contribution in [0.5, 0.6) is 5.75 Å². The van der Waals surface area contributed by atoms with Gasteiger partial charge >= 0.3 is 6.36 Å². The van der Waals surface area contributed by atoms with E-state index in [-0.39, 0.29) is 5.75 Å². The van der Waals surface area contributed by atoms with Crippen LogP contribution >= 0.6 is 12.6 Å². The molecular formula is C17H12F3N3O2S. The lowest BCUT2D eigenvalue weighted by Crippen LogP contribution is -2.17. The Kier molecular flexibility index (Phi) is 4.90. The molecule has 0 aliphatic rings. The molecule has 0 bridgehead atoms. The monoisotopic (exact) mass is 379 g/mol. The molecule has 1 heterocycles. The van der Waals surface area contributed by atoms with Crippen LogP contribution in [0.2, 0.25) is 0 Å². The van der Waals surface area contributed by atoms with E-state index < -0.39 is 11.6 Å². The van der Waals surface area contributed by atoms with Gasteiger partial charge in [0.1, 0.15) is 5.75 Å². The lowest BCUT2D eigenvalue weighted by atomic mass is 10.1. The molecule has 3 aromatic rings. The molecule has 0 radical (unpaired) electrons. The highest BCUT2D eigenvalue weighted by Gasteiger charge is 2.30. The first-order valence-corrected chi connectivity index (χ1v) is 7.75. The van der Waals surface area contributed by atoms with E-state index in [0.717, 1.165) is 5.56 Å². The van der Waals surface area contributed by atoms with Crippen LogP contribution in [0.25, 0.3) is 16.9 Å². The summed E-state index contributed by atoms with van der Waals surface area (Å²) < 4.78 is 42.1. The summed E-state index contributed by atoms with van der Waals surface area (Å²) >= 11 is 3.64. The molecular weight excluding hydrogens is 367 g/mol. The highest BCUT2D eigenvalue weighted by Crippen LogP contribution is 2.25. The van der Waals surface area contributed by atoms with Gasteiger partial charge in [0.15, 0.2) is 0 Å². The Morgan fingerprint density at radius 3 is 2.31 bits per heavy atom. The van der Waals surface area contributed by atoms with E-state index in [1.165, 1.54) is 24.3 Å². The number of carbonyl (C=O) groups excluding carboxylic acids is 1. The van der Waals surface area contributed by atoms with Gasteiger partial charge < -0.3 is 14.6 Å². The molecule has 0 aliphatic carbocycles. The van der Waals surface area contributed by atoms with Crippen molar-refractivity contribution in [3.8, 4) is 22.7 Å². The standard InChI is InChI=1S/C17H12F3N3O2S/c18-17(19,20)25-14-7-5-13(6-8-14)23-9-15(21-10-23)11-1-3-12(4-2-11)22-16(24)26/h1-10H,(H2,22,24,26). The normalized spacial score (nSPS) is 11.2. The molecule has 1 N–H and O–H groups in total. The van der Waals surface area contributed by atoms with Crippen LogP contribution in [0.1, 0.15) is 0 Å². The molecule has 0 saturated carbocycles. The lowest BCUT2D eigenvalue weighted by molar-refractivity contribution is -0.274. The molecule has 1 aromatic heterocycles. The Bertz CT molecular complexity index is 906. The Balaban J connectivity index is 1.76. The summed E-state index contributed by atoms with van der Waals surface area (Å²) in [6.45, 7) is 0. The number of aromatic nitrogens is 2. The first-order valence-electron chi connectivity index (χ1n) is 7.31. The number of hydrogen-bond acceptors (Lipinski definition) is 3. The molecule has 2 aromatic carbocycles. The second-order valence-electron chi connectivity index (χ2n) is 5.22. The Labute approximate surface area is 151 Å². The number of carbonyl (C=O) groups is 1. The van der Waals surface area contributed by atoms with Gasteiger partial charge in [-0.2, -0.15) is 0 Å². The number of ether oxygens (including phenoxy) is 1. The van der Waals surface area contributed by atoms with E-state index in [1.54, 1.807) is 41.4 Å². The third-order valence-electron chi connectivity index (χ3n) is 3.38. The minimum atomic E-state index is -4.72. The summed E-state index contributed by atoms with van der Waals surface area (Å²) in [6.07, 6.45) is -1.42. The summed E-state index contributed by atoms with van der Waals surface area (Å²) in [5.41, 5.74) is 2.73. The highest BCUT2D eigenvalue weighted by molar-refractivity contribution is 7.96. The van der Waals surface area contributed by atoms with Crippen molar-refractivity contribution in [2.75, 3.05) is 5.32 Å². The number of nitrogens with one attached hydrogen (secondary N) is 1. The van der Waals surface area contributed by atoms with Crippen LogP contribution < -0.4 is 10.1 Å².